The minimum atomic E-state index is -4.20. The van der Waals surface area contributed by atoms with Gasteiger partial charge in [-0.25, -0.2) is 8.42 Å². The highest BCUT2D eigenvalue weighted by Crippen LogP contribution is 2.32. The van der Waals surface area contributed by atoms with Gasteiger partial charge in [0.15, 0.2) is 0 Å². The van der Waals surface area contributed by atoms with Crippen LogP contribution in [0, 0.1) is 13.8 Å². The van der Waals surface area contributed by atoms with E-state index in [1.807, 2.05) is 52.0 Å². The summed E-state index contributed by atoms with van der Waals surface area (Å²) < 4.78 is 34.2. The zero-order valence-electron chi connectivity index (χ0n) is 24.3. The number of halogens is 1. The fourth-order valence-electron chi connectivity index (χ4n) is 4.20. The Balaban J connectivity index is 2.07. The van der Waals surface area contributed by atoms with Gasteiger partial charge in [-0.15, -0.1) is 0 Å². The van der Waals surface area contributed by atoms with Gasteiger partial charge in [0.2, 0.25) is 11.8 Å². The molecule has 0 aliphatic carbocycles. The molecule has 220 valence electrons. The van der Waals surface area contributed by atoms with E-state index in [4.69, 9.17) is 16.3 Å². The highest BCUT2D eigenvalue weighted by Gasteiger charge is 2.33. The molecule has 0 radical (unpaired) electrons. The van der Waals surface area contributed by atoms with Gasteiger partial charge in [-0.05, 0) is 75.6 Å². The van der Waals surface area contributed by atoms with E-state index in [0.29, 0.717) is 5.75 Å². The highest BCUT2D eigenvalue weighted by atomic mass is 35.5. The lowest BCUT2D eigenvalue weighted by Crippen LogP contribution is -2.52. The van der Waals surface area contributed by atoms with Crippen LogP contribution in [0.2, 0.25) is 5.02 Å². The Morgan fingerprint density at radius 1 is 1.00 bits per heavy atom. The molecule has 0 unspecified atom stereocenters. The molecule has 3 rings (SSSR count). The quantitative estimate of drug-likeness (QED) is 0.297. The van der Waals surface area contributed by atoms with Gasteiger partial charge in [0.25, 0.3) is 10.0 Å². The first-order valence-electron chi connectivity index (χ1n) is 13.5. The number of hydrogen-bond donors (Lipinski definition) is 1. The topological polar surface area (TPSA) is 96.0 Å². The number of methoxy groups -OCH3 is 1. The predicted octanol–water partition coefficient (Wildman–Crippen LogP) is 5.49. The van der Waals surface area contributed by atoms with Crippen molar-refractivity contribution in [1.29, 1.82) is 0 Å². The number of carbonyl (C=O) groups excluding carboxylic acids is 2. The van der Waals surface area contributed by atoms with Gasteiger partial charge in [-0.1, -0.05) is 60.5 Å². The average molecular weight is 600 g/mol. The van der Waals surface area contributed by atoms with E-state index in [-0.39, 0.29) is 34.1 Å². The van der Waals surface area contributed by atoms with Crippen LogP contribution in [0.5, 0.6) is 5.75 Å². The van der Waals surface area contributed by atoms with Gasteiger partial charge in [0, 0.05) is 12.6 Å². The molecule has 0 heterocycles. The van der Waals surface area contributed by atoms with Crippen molar-refractivity contribution in [2.45, 2.75) is 64.6 Å². The number of ether oxygens (including phenoxy) is 1. The summed E-state index contributed by atoms with van der Waals surface area (Å²) in [7, 11) is -2.74. The number of carbonyl (C=O) groups is 2. The first-order valence-corrected chi connectivity index (χ1v) is 15.3. The standard InChI is InChI=1S/C31H38ClN3O5S/c1-7-23(4)33-31(37)24(5)34(19-25-11-9-8-10-22(25)3)30(36)20-35(26-14-17-29(40-6)28(32)18-26)41(38,39)27-15-12-21(2)13-16-27/h8-18,23-24H,7,19-20H2,1-6H3,(H,33,37)/t23-,24-/m1/s1. The Hall–Kier alpha value is -3.56. The molecule has 2 amide bonds. The fraction of sp³-hybridized carbons (Fsp3) is 0.355. The first kappa shape index (κ1) is 32.0. The molecule has 0 saturated carbocycles. The van der Waals surface area contributed by atoms with Crippen LogP contribution < -0.4 is 14.4 Å². The third-order valence-electron chi connectivity index (χ3n) is 7.08. The summed E-state index contributed by atoms with van der Waals surface area (Å²) in [5.74, 6) is -0.490. The van der Waals surface area contributed by atoms with Crippen molar-refractivity contribution in [3.8, 4) is 5.75 Å². The molecule has 1 N–H and O–H groups in total. The Labute approximate surface area is 248 Å². The van der Waals surface area contributed by atoms with E-state index < -0.39 is 28.5 Å². The molecule has 0 aromatic heterocycles. The summed E-state index contributed by atoms with van der Waals surface area (Å²) >= 11 is 6.37. The van der Waals surface area contributed by atoms with E-state index in [2.05, 4.69) is 5.32 Å². The molecule has 0 bridgehead atoms. The Bertz CT molecular complexity index is 1480. The summed E-state index contributed by atoms with van der Waals surface area (Å²) in [5.41, 5.74) is 2.89. The van der Waals surface area contributed by atoms with Crippen molar-refractivity contribution in [2.24, 2.45) is 0 Å². The summed E-state index contributed by atoms with van der Waals surface area (Å²) in [6.07, 6.45) is 0.727. The van der Waals surface area contributed by atoms with Gasteiger partial charge in [-0.2, -0.15) is 0 Å². The number of nitrogens with zero attached hydrogens (tertiary/aromatic N) is 2. The van der Waals surface area contributed by atoms with Crippen LogP contribution in [0.1, 0.15) is 43.9 Å². The molecule has 0 saturated heterocycles. The van der Waals surface area contributed by atoms with Crippen LogP contribution in [0.3, 0.4) is 0 Å². The lowest BCUT2D eigenvalue weighted by Gasteiger charge is -2.33. The van der Waals surface area contributed by atoms with Crippen molar-refractivity contribution < 1.29 is 22.7 Å². The molecule has 41 heavy (non-hydrogen) atoms. The monoisotopic (exact) mass is 599 g/mol. The second-order valence-corrected chi connectivity index (χ2v) is 12.4. The molecule has 8 nitrogen and oxygen atoms in total. The molecule has 3 aromatic carbocycles. The van der Waals surface area contributed by atoms with Gasteiger partial charge in [0.1, 0.15) is 18.3 Å². The maximum atomic E-state index is 14.1. The highest BCUT2D eigenvalue weighted by molar-refractivity contribution is 7.92. The average Bonchev–Trinajstić information content (AvgIpc) is 2.95. The number of rotatable bonds is 12. The molecule has 2 atom stereocenters. The van der Waals surface area contributed by atoms with Gasteiger partial charge < -0.3 is 15.0 Å². The third kappa shape index (κ3) is 7.80. The van der Waals surface area contributed by atoms with E-state index in [1.54, 1.807) is 25.1 Å². The van der Waals surface area contributed by atoms with Crippen LogP contribution in [0.4, 0.5) is 5.69 Å². The van der Waals surface area contributed by atoms with Crippen LogP contribution in [-0.4, -0.2) is 50.9 Å². The van der Waals surface area contributed by atoms with Crippen molar-refractivity contribution in [3.05, 3.63) is 88.4 Å². The molecule has 0 fully saturated rings. The number of sulfonamides is 1. The number of amides is 2. The van der Waals surface area contributed by atoms with Crippen molar-refractivity contribution in [1.82, 2.24) is 10.2 Å². The minimum absolute atomic E-state index is 0.0239. The molecular formula is C31H38ClN3O5S. The Kier molecular flexibility index (Phi) is 10.8. The zero-order valence-corrected chi connectivity index (χ0v) is 25.9. The molecular weight excluding hydrogens is 562 g/mol. The number of nitrogens with one attached hydrogen (secondary N) is 1. The van der Waals surface area contributed by atoms with Gasteiger partial charge in [0.05, 0.1) is 22.7 Å². The maximum absolute atomic E-state index is 14.1. The van der Waals surface area contributed by atoms with E-state index >= 15 is 0 Å². The summed E-state index contributed by atoms with van der Waals surface area (Å²) in [6.45, 7) is 8.86. The molecule has 0 aliphatic heterocycles. The number of aryl methyl sites for hydroxylation is 2. The van der Waals surface area contributed by atoms with Crippen LogP contribution in [0.15, 0.2) is 71.6 Å². The fourth-order valence-corrected chi connectivity index (χ4v) is 5.85. The Morgan fingerprint density at radius 2 is 1.66 bits per heavy atom. The maximum Gasteiger partial charge on any atom is 0.264 e. The predicted molar refractivity (Wildman–Crippen MR) is 163 cm³/mol. The number of hydrogen-bond acceptors (Lipinski definition) is 5. The van der Waals surface area contributed by atoms with Crippen LogP contribution >= 0.6 is 11.6 Å². The van der Waals surface area contributed by atoms with Crippen LogP contribution in [-0.2, 0) is 26.2 Å². The molecule has 3 aromatic rings. The molecule has 0 spiro atoms. The van der Waals surface area contributed by atoms with Crippen molar-refractivity contribution in [3.63, 3.8) is 0 Å². The lowest BCUT2D eigenvalue weighted by molar-refractivity contribution is -0.139. The summed E-state index contributed by atoms with van der Waals surface area (Å²) in [6, 6.07) is 17.6. The third-order valence-corrected chi connectivity index (χ3v) is 9.16. The molecule has 0 aliphatic rings. The summed E-state index contributed by atoms with van der Waals surface area (Å²) in [4.78, 5) is 28.7. The van der Waals surface area contributed by atoms with E-state index in [0.717, 1.165) is 27.4 Å². The SMILES string of the molecule is CC[C@@H](C)NC(=O)[C@@H](C)N(Cc1ccccc1C)C(=O)CN(c1ccc(OC)c(Cl)c1)S(=O)(=O)c1ccc(C)cc1. The summed E-state index contributed by atoms with van der Waals surface area (Å²) in [5, 5.41) is 3.13. The largest absolute Gasteiger partial charge is 0.495 e. The zero-order chi connectivity index (χ0) is 30.3. The van der Waals surface area contributed by atoms with E-state index in [1.165, 1.54) is 36.3 Å². The van der Waals surface area contributed by atoms with Crippen molar-refractivity contribution in [2.75, 3.05) is 18.0 Å². The van der Waals surface area contributed by atoms with Crippen LogP contribution in [0.25, 0.3) is 0 Å². The second kappa shape index (κ2) is 13.9. The normalized spacial score (nSPS) is 12.8. The van der Waals surface area contributed by atoms with Gasteiger partial charge in [-0.3, -0.25) is 13.9 Å². The number of benzene rings is 3. The molecule has 10 heteroatoms. The van der Waals surface area contributed by atoms with Crippen molar-refractivity contribution >= 4 is 39.1 Å². The minimum Gasteiger partial charge on any atom is -0.495 e. The van der Waals surface area contributed by atoms with E-state index in [9.17, 15) is 18.0 Å². The smallest absolute Gasteiger partial charge is 0.264 e. The lowest BCUT2D eigenvalue weighted by atomic mass is 10.1. The Morgan fingerprint density at radius 3 is 2.24 bits per heavy atom. The number of anilines is 1. The van der Waals surface area contributed by atoms with Gasteiger partial charge >= 0.3 is 0 Å². The first-order chi connectivity index (χ1) is 19.4. The second-order valence-electron chi connectivity index (χ2n) is 10.1.